The monoisotopic (exact) mass is 238 g/mol. The molecule has 0 aliphatic rings. The van der Waals surface area contributed by atoms with Crippen molar-refractivity contribution >= 4 is 17.3 Å². The number of amides is 1. The molecule has 6 nitrogen and oxygen atoms in total. The van der Waals surface area contributed by atoms with Crippen LogP contribution in [-0.2, 0) is 4.79 Å². The van der Waals surface area contributed by atoms with Crippen molar-refractivity contribution in [2.45, 2.75) is 20.3 Å². The van der Waals surface area contributed by atoms with Crippen LogP contribution in [-0.4, -0.2) is 17.4 Å². The largest absolute Gasteiger partial charge is 0.494 e. The number of nitrogens with one attached hydrogen (secondary N) is 1. The minimum absolute atomic E-state index is 0.169. The molecule has 1 N–H and O–H groups in total. The summed E-state index contributed by atoms with van der Waals surface area (Å²) in [6.07, 6.45) is 0.268. The van der Waals surface area contributed by atoms with Gasteiger partial charge in [-0.3, -0.25) is 14.9 Å². The molecule has 0 unspecified atom stereocenters. The van der Waals surface area contributed by atoms with E-state index in [1.807, 2.05) is 0 Å². The molecule has 0 spiro atoms. The fraction of sp³-hybridized carbons (Fsp3) is 0.364. The second-order valence-corrected chi connectivity index (χ2v) is 3.27. The number of carbonyl (C=O) groups excluding carboxylic acids is 1. The lowest BCUT2D eigenvalue weighted by Crippen LogP contribution is -2.11. The van der Waals surface area contributed by atoms with Gasteiger partial charge in [-0.2, -0.15) is 0 Å². The minimum atomic E-state index is -0.548. The first kappa shape index (κ1) is 13.0. The van der Waals surface area contributed by atoms with Crippen molar-refractivity contribution in [3.05, 3.63) is 28.3 Å². The van der Waals surface area contributed by atoms with Crippen molar-refractivity contribution in [1.82, 2.24) is 0 Å². The van der Waals surface area contributed by atoms with Gasteiger partial charge in [-0.05, 0) is 19.1 Å². The fourth-order valence-corrected chi connectivity index (χ4v) is 1.26. The van der Waals surface area contributed by atoms with Crippen LogP contribution < -0.4 is 10.1 Å². The van der Waals surface area contributed by atoms with E-state index >= 15 is 0 Å². The second kappa shape index (κ2) is 5.83. The van der Waals surface area contributed by atoms with Crippen LogP contribution in [0.4, 0.5) is 11.4 Å². The number of hydrogen-bond acceptors (Lipinski definition) is 4. The highest BCUT2D eigenvalue weighted by molar-refractivity contribution is 5.93. The molecule has 0 aromatic heterocycles. The third kappa shape index (κ3) is 3.44. The minimum Gasteiger partial charge on any atom is -0.494 e. The molecule has 0 bridgehead atoms. The number of rotatable bonds is 5. The zero-order valence-electron chi connectivity index (χ0n) is 9.73. The Morgan fingerprint density at radius 3 is 2.71 bits per heavy atom. The number of anilines is 1. The third-order valence-corrected chi connectivity index (χ3v) is 2.07. The molecule has 0 saturated carbocycles. The first-order chi connectivity index (χ1) is 8.08. The van der Waals surface area contributed by atoms with Gasteiger partial charge < -0.3 is 10.1 Å². The number of nitrogens with zero attached hydrogens (tertiary/aromatic N) is 1. The van der Waals surface area contributed by atoms with Crippen molar-refractivity contribution in [1.29, 1.82) is 0 Å². The Balaban J connectivity index is 3.04. The lowest BCUT2D eigenvalue weighted by molar-refractivity contribution is -0.384. The van der Waals surface area contributed by atoms with Gasteiger partial charge in [0.25, 0.3) is 5.69 Å². The van der Waals surface area contributed by atoms with E-state index in [9.17, 15) is 14.9 Å². The molecule has 0 heterocycles. The SMILES string of the molecule is CCOc1ccc(NC(=O)CC)c([N+](=O)[O-])c1. The van der Waals surface area contributed by atoms with E-state index in [1.54, 1.807) is 19.9 Å². The van der Waals surface area contributed by atoms with Gasteiger partial charge in [-0.25, -0.2) is 0 Å². The van der Waals surface area contributed by atoms with E-state index in [4.69, 9.17) is 4.74 Å². The normalized spacial score (nSPS) is 9.76. The van der Waals surface area contributed by atoms with E-state index in [0.29, 0.717) is 12.4 Å². The van der Waals surface area contributed by atoms with E-state index in [0.717, 1.165) is 0 Å². The summed E-state index contributed by atoms with van der Waals surface area (Å²) in [7, 11) is 0. The number of hydrogen-bond donors (Lipinski definition) is 1. The van der Waals surface area contributed by atoms with E-state index in [-0.39, 0.29) is 23.7 Å². The fourth-order valence-electron chi connectivity index (χ4n) is 1.26. The third-order valence-electron chi connectivity index (χ3n) is 2.07. The van der Waals surface area contributed by atoms with E-state index in [2.05, 4.69) is 5.32 Å². The summed E-state index contributed by atoms with van der Waals surface area (Å²) >= 11 is 0. The van der Waals surface area contributed by atoms with Crippen LogP contribution >= 0.6 is 0 Å². The molecule has 92 valence electrons. The molecular weight excluding hydrogens is 224 g/mol. The Morgan fingerprint density at radius 1 is 1.47 bits per heavy atom. The number of nitro groups is 1. The highest BCUT2D eigenvalue weighted by Crippen LogP contribution is 2.29. The summed E-state index contributed by atoms with van der Waals surface area (Å²) in [6.45, 7) is 3.89. The van der Waals surface area contributed by atoms with Crippen LogP contribution in [0.5, 0.6) is 5.75 Å². The first-order valence-electron chi connectivity index (χ1n) is 5.29. The average molecular weight is 238 g/mol. The molecule has 0 aliphatic heterocycles. The van der Waals surface area contributed by atoms with Crippen molar-refractivity contribution in [2.75, 3.05) is 11.9 Å². The summed E-state index contributed by atoms with van der Waals surface area (Å²) < 4.78 is 5.17. The summed E-state index contributed by atoms with van der Waals surface area (Å²) in [4.78, 5) is 21.5. The van der Waals surface area contributed by atoms with Crippen LogP contribution in [0, 0.1) is 10.1 Å². The molecule has 1 aromatic rings. The lowest BCUT2D eigenvalue weighted by atomic mass is 10.2. The van der Waals surface area contributed by atoms with Crippen LogP contribution in [0.3, 0.4) is 0 Å². The number of carbonyl (C=O) groups is 1. The maximum absolute atomic E-state index is 11.2. The van der Waals surface area contributed by atoms with Crippen molar-refractivity contribution < 1.29 is 14.5 Å². The van der Waals surface area contributed by atoms with Gasteiger partial charge >= 0.3 is 0 Å². The summed E-state index contributed by atoms with van der Waals surface area (Å²) in [5, 5.41) is 13.3. The lowest BCUT2D eigenvalue weighted by Gasteiger charge is -2.07. The van der Waals surface area contributed by atoms with Gasteiger partial charge in [0.1, 0.15) is 11.4 Å². The van der Waals surface area contributed by atoms with Gasteiger partial charge in [-0.1, -0.05) is 6.92 Å². The second-order valence-electron chi connectivity index (χ2n) is 3.27. The molecule has 0 atom stereocenters. The maximum Gasteiger partial charge on any atom is 0.296 e. The Kier molecular flexibility index (Phi) is 4.45. The van der Waals surface area contributed by atoms with Crippen LogP contribution in [0.2, 0.25) is 0 Å². The zero-order valence-corrected chi connectivity index (χ0v) is 9.73. The number of benzene rings is 1. The summed E-state index contributed by atoms with van der Waals surface area (Å²) in [6, 6.07) is 4.35. The standard InChI is InChI=1S/C11H14N2O4/c1-3-11(14)12-9-6-5-8(17-4-2)7-10(9)13(15)16/h5-7H,3-4H2,1-2H3,(H,12,14). The Hall–Kier alpha value is -2.11. The predicted molar refractivity (Wildman–Crippen MR) is 63.2 cm³/mol. The van der Waals surface area contributed by atoms with Gasteiger partial charge in [0.05, 0.1) is 17.6 Å². The maximum atomic E-state index is 11.2. The summed E-state index contributed by atoms with van der Waals surface area (Å²) in [5.41, 5.74) is 0.0167. The molecule has 0 fully saturated rings. The van der Waals surface area contributed by atoms with Crippen molar-refractivity contribution in [3.63, 3.8) is 0 Å². The zero-order chi connectivity index (χ0) is 12.8. The van der Waals surface area contributed by atoms with Gasteiger partial charge in [0.15, 0.2) is 0 Å². The molecule has 17 heavy (non-hydrogen) atoms. The molecule has 0 radical (unpaired) electrons. The Morgan fingerprint density at radius 2 is 2.18 bits per heavy atom. The Bertz CT molecular complexity index is 431. The van der Waals surface area contributed by atoms with Crippen LogP contribution in [0.25, 0.3) is 0 Å². The van der Waals surface area contributed by atoms with Crippen molar-refractivity contribution in [2.24, 2.45) is 0 Å². The average Bonchev–Trinajstić information content (AvgIpc) is 2.31. The van der Waals surface area contributed by atoms with E-state index in [1.165, 1.54) is 12.1 Å². The molecular formula is C11H14N2O4. The first-order valence-corrected chi connectivity index (χ1v) is 5.29. The predicted octanol–water partition coefficient (Wildman–Crippen LogP) is 2.34. The van der Waals surface area contributed by atoms with Gasteiger partial charge in [-0.15, -0.1) is 0 Å². The van der Waals surface area contributed by atoms with E-state index < -0.39 is 4.92 Å². The molecule has 0 saturated heterocycles. The number of nitro benzene ring substituents is 1. The molecule has 6 heteroatoms. The van der Waals surface area contributed by atoms with Crippen LogP contribution in [0.1, 0.15) is 20.3 Å². The highest BCUT2D eigenvalue weighted by Gasteiger charge is 2.16. The quantitative estimate of drug-likeness (QED) is 0.630. The smallest absolute Gasteiger partial charge is 0.296 e. The topological polar surface area (TPSA) is 81.5 Å². The molecule has 1 aromatic carbocycles. The van der Waals surface area contributed by atoms with Crippen molar-refractivity contribution in [3.8, 4) is 5.75 Å². The Labute approximate surface area is 98.7 Å². The van der Waals surface area contributed by atoms with Crippen LogP contribution in [0.15, 0.2) is 18.2 Å². The summed E-state index contributed by atoms with van der Waals surface area (Å²) in [5.74, 6) is 0.144. The highest BCUT2D eigenvalue weighted by atomic mass is 16.6. The van der Waals surface area contributed by atoms with Gasteiger partial charge in [0.2, 0.25) is 5.91 Å². The molecule has 1 amide bonds. The molecule has 0 aliphatic carbocycles. The molecule has 1 rings (SSSR count). The number of ether oxygens (including phenoxy) is 1. The van der Waals surface area contributed by atoms with Gasteiger partial charge in [0, 0.05) is 6.42 Å².